The number of carbonyl (C=O) groups excluding carboxylic acids is 1. The summed E-state index contributed by atoms with van der Waals surface area (Å²) in [5.74, 6) is 0.0696. The van der Waals surface area contributed by atoms with Gasteiger partial charge in [-0.2, -0.15) is 0 Å². The Kier molecular flexibility index (Phi) is 4.71. The highest BCUT2D eigenvalue weighted by atomic mass is 16.1. The van der Waals surface area contributed by atoms with Crippen LogP contribution in [0.15, 0.2) is 18.7 Å². The fraction of sp³-hybridized carbons (Fsp3) is 0.556. The maximum atomic E-state index is 10.8. The number of amides is 1. The predicted molar refractivity (Wildman–Crippen MR) is 53.8 cm³/mol. The molecule has 0 aliphatic carbocycles. The van der Waals surface area contributed by atoms with E-state index in [0.29, 0.717) is 13.0 Å². The topological polar surface area (TPSA) is 59.0 Å². The Bertz CT molecular complexity index is 258. The highest BCUT2D eigenvalue weighted by Gasteiger charge is 1.95. The molecule has 0 aliphatic rings. The Labute approximate surface area is 83.5 Å². The van der Waals surface area contributed by atoms with Crippen molar-refractivity contribution in [2.75, 3.05) is 20.1 Å². The van der Waals surface area contributed by atoms with Crippen LogP contribution in [0.2, 0.25) is 0 Å². The Morgan fingerprint density at radius 2 is 2.36 bits per heavy atom. The first-order valence-corrected chi connectivity index (χ1v) is 4.70. The quantitative estimate of drug-likeness (QED) is 0.609. The molecule has 1 aromatic rings. The molecule has 5 nitrogen and oxygen atoms in total. The van der Waals surface area contributed by atoms with Gasteiger partial charge in [0.2, 0.25) is 5.91 Å². The number of carbonyl (C=O) groups is 1. The summed E-state index contributed by atoms with van der Waals surface area (Å²) in [4.78, 5) is 14.8. The minimum atomic E-state index is 0.0696. The summed E-state index contributed by atoms with van der Waals surface area (Å²) in [6.45, 7) is 2.45. The first-order chi connectivity index (χ1) is 6.83. The van der Waals surface area contributed by atoms with Crippen LogP contribution in [0.3, 0.4) is 0 Å². The molecule has 0 saturated carbocycles. The first-order valence-electron chi connectivity index (χ1n) is 4.70. The van der Waals surface area contributed by atoms with Gasteiger partial charge < -0.3 is 15.2 Å². The molecule has 1 aromatic heterocycles. The lowest BCUT2D eigenvalue weighted by atomic mass is 10.4. The largest absolute Gasteiger partial charge is 0.359 e. The average Bonchev–Trinajstić information content (AvgIpc) is 2.69. The third kappa shape index (κ3) is 4.04. The average molecular weight is 196 g/mol. The van der Waals surface area contributed by atoms with Crippen molar-refractivity contribution in [1.82, 2.24) is 20.2 Å². The molecule has 0 saturated heterocycles. The zero-order valence-electron chi connectivity index (χ0n) is 8.36. The van der Waals surface area contributed by atoms with Crippen LogP contribution in [0, 0.1) is 0 Å². The molecule has 1 amide bonds. The van der Waals surface area contributed by atoms with Gasteiger partial charge in [0.05, 0.1) is 6.33 Å². The summed E-state index contributed by atoms with van der Waals surface area (Å²) >= 11 is 0. The molecule has 14 heavy (non-hydrogen) atoms. The number of aromatic nitrogens is 2. The summed E-state index contributed by atoms with van der Waals surface area (Å²) in [6, 6.07) is 0. The Hall–Kier alpha value is -1.36. The smallest absolute Gasteiger partial charge is 0.221 e. The van der Waals surface area contributed by atoms with Gasteiger partial charge >= 0.3 is 0 Å². The van der Waals surface area contributed by atoms with Crippen LogP contribution in [-0.4, -0.2) is 35.6 Å². The molecule has 1 rings (SSSR count). The van der Waals surface area contributed by atoms with Crippen molar-refractivity contribution in [3.63, 3.8) is 0 Å². The van der Waals surface area contributed by atoms with Crippen LogP contribution in [0.4, 0.5) is 0 Å². The third-order valence-corrected chi connectivity index (χ3v) is 1.91. The van der Waals surface area contributed by atoms with Crippen LogP contribution in [0.1, 0.15) is 6.42 Å². The highest BCUT2D eigenvalue weighted by Crippen LogP contribution is 1.83. The van der Waals surface area contributed by atoms with Gasteiger partial charge in [0.1, 0.15) is 0 Å². The van der Waals surface area contributed by atoms with Crippen molar-refractivity contribution in [2.45, 2.75) is 13.0 Å². The fourth-order valence-corrected chi connectivity index (χ4v) is 1.08. The molecule has 1 heterocycles. The van der Waals surface area contributed by atoms with Gasteiger partial charge in [-0.3, -0.25) is 4.79 Å². The van der Waals surface area contributed by atoms with Crippen LogP contribution in [-0.2, 0) is 11.3 Å². The van der Waals surface area contributed by atoms with E-state index in [-0.39, 0.29) is 5.91 Å². The summed E-state index contributed by atoms with van der Waals surface area (Å²) in [5.41, 5.74) is 0. The van der Waals surface area contributed by atoms with Crippen molar-refractivity contribution in [3.05, 3.63) is 18.7 Å². The predicted octanol–water partition coefficient (Wildman–Crippen LogP) is -0.391. The van der Waals surface area contributed by atoms with Crippen molar-refractivity contribution < 1.29 is 4.79 Å². The number of nitrogens with zero attached hydrogens (tertiary/aromatic N) is 2. The second kappa shape index (κ2) is 6.15. The fourth-order valence-electron chi connectivity index (χ4n) is 1.08. The maximum absolute atomic E-state index is 10.8. The van der Waals surface area contributed by atoms with Crippen molar-refractivity contribution in [2.24, 2.45) is 0 Å². The number of nitrogens with one attached hydrogen (secondary N) is 2. The van der Waals surface area contributed by atoms with E-state index >= 15 is 0 Å². The molecular formula is C9H16N4O. The lowest BCUT2D eigenvalue weighted by Crippen LogP contribution is -2.26. The minimum Gasteiger partial charge on any atom is -0.359 e. The number of imidazole rings is 1. The molecule has 0 aliphatic heterocycles. The number of hydrogen-bond acceptors (Lipinski definition) is 3. The zero-order valence-corrected chi connectivity index (χ0v) is 8.36. The summed E-state index contributed by atoms with van der Waals surface area (Å²) in [7, 11) is 1.65. The van der Waals surface area contributed by atoms with E-state index in [1.54, 1.807) is 19.6 Å². The standard InChI is InChI=1S/C9H16N4O/c1-10-9(14)2-3-11-4-6-13-7-5-12-8-13/h5,7-8,11H,2-4,6H2,1H3,(H,10,14). The van der Waals surface area contributed by atoms with Crippen molar-refractivity contribution >= 4 is 5.91 Å². The van der Waals surface area contributed by atoms with Gasteiger partial charge in [0.25, 0.3) is 0 Å². The van der Waals surface area contributed by atoms with E-state index in [1.807, 2.05) is 10.8 Å². The summed E-state index contributed by atoms with van der Waals surface area (Å²) < 4.78 is 1.99. The van der Waals surface area contributed by atoms with E-state index in [0.717, 1.165) is 13.1 Å². The Morgan fingerprint density at radius 1 is 1.50 bits per heavy atom. The van der Waals surface area contributed by atoms with E-state index in [2.05, 4.69) is 15.6 Å². The molecule has 5 heteroatoms. The molecule has 0 fully saturated rings. The number of rotatable bonds is 6. The maximum Gasteiger partial charge on any atom is 0.221 e. The van der Waals surface area contributed by atoms with Crippen molar-refractivity contribution in [3.8, 4) is 0 Å². The lowest BCUT2D eigenvalue weighted by molar-refractivity contribution is -0.120. The highest BCUT2D eigenvalue weighted by molar-refractivity contribution is 5.75. The van der Waals surface area contributed by atoms with Crippen molar-refractivity contribution in [1.29, 1.82) is 0 Å². The van der Waals surface area contributed by atoms with Crippen LogP contribution in [0.5, 0.6) is 0 Å². The van der Waals surface area contributed by atoms with Crippen LogP contribution in [0.25, 0.3) is 0 Å². The second-order valence-electron chi connectivity index (χ2n) is 2.97. The molecule has 0 aromatic carbocycles. The van der Waals surface area contributed by atoms with Gasteiger partial charge in [-0.25, -0.2) is 4.98 Å². The number of hydrogen-bond donors (Lipinski definition) is 2. The summed E-state index contributed by atoms with van der Waals surface area (Å²) in [5, 5.41) is 5.75. The van der Waals surface area contributed by atoms with E-state index in [4.69, 9.17) is 0 Å². The molecular weight excluding hydrogens is 180 g/mol. The normalized spacial score (nSPS) is 10.1. The van der Waals surface area contributed by atoms with Gasteiger partial charge in [-0.15, -0.1) is 0 Å². The molecule has 0 atom stereocenters. The molecule has 0 spiro atoms. The van der Waals surface area contributed by atoms with Gasteiger partial charge in [-0.1, -0.05) is 0 Å². The molecule has 0 unspecified atom stereocenters. The molecule has 2 N–H and O–H groups in total. The molecule has 78 valence electrons. The van der Waals surface area contributed by atoms with E-state index in [9.17, 15) is 4.79 Å². The summed E-state index contributed by atoms with van der Waals surface area (Å²) in [6.07, 6.45) is 5.98. The Balaban J connectivity index is 1.97. The van der Waals surface area contributed by atoms with Gasteiger partial charge in [0.15, 0.2) is 0 Å². The van der Waals surface area contributed by atoms with Crippen LogP contribution < -0.4 is 10.6 Å². The SMILES string of the molecule is CNC(=O)CCNCCn1ccnc1. The molecule has 0 radical (unpaired) electrons. The van der Waals surface area contributed by atoms with Crippen LogP contribution >= 0.6 is 0 Å². The van der Waals surface area contributed by atoms with Gasteiger partial charge in [0, 0.05) is 45.5 Å². The molecule has 0 bridgehead atoms. The Morgan fingerprint density at radius 3 is 3.00 bits per heavy atom. The zero-order chi connectivity index (χ0) is 10.2. The first kappa shape index (κ1) is 10.7. The van der Waals surface area contributed by atoms with E-state index < -0.39 is 0 Å². The lowest BCUT2D eigenvalue weighted by Gasteiger charge is -2.04. The van der Waals surface area contributed by atoms with E-state index in [1.165, 1.54) is 0 Å². The minimum absolute atomic E-state index is 0.0696. The monoisotopic (exact) mass is 196 g/mol. The second-order valence-corrected chi connectivity index (χ2v) is 2.97. The van der Waals surface area contributed by atoms with Gasteiger partial charge in [-0.05, 0) is 0 Å². The third-order valence-electron chi connectivity index (χ3n) is 1.91.